The summed E-state index contributed by atoms with van der Waals surface area (Å²) in [5, 5.41) is 9.85. The maximum Gasteiger partial charge on any atom is 0.337 e. The summed E-state index contributed by atoms with van der Waals surface area (Å²) >= 11 is 0. The van der Waals surface area contributed by atoms with E-state index >= 15 is 0 Å². The van der Waals surface area contributed by atoms with E-state index < -0.39 is 16.0 Å². The van der Waals surface area contributed by atoms with Crippen LogP contribution >= 0.6 is 0 Å². The monoisotopic (exact) mass is 487 g/mol. The molecule has 34 heavy (non-hydrogen) atoms. The summed E-state index contributed by atoms with van der Waals surface area (Å²) in [6, 6.07) is 11.4. The van der Waals surface area contributed by atoms with Crippen molar-refractivity contribution in [3.8, 4) is 5.75 Å². The number of sulfonamides is 1. The van der Waals surface area contributed by atoms with Crippen molar-refractivity contribution in [2.45, 2.75) is 50.0 Å². The van der Waals surface area contributed by atoms with Crippen molar-refractivity contribution >= 4 is 27.4 Å². The van der Waals surface area contributed by atoms with Crippen LogP contribution in [0.5, 0.6) is 5.75 Å². The SMILES string of the molecule is CCOc1ccc(S(=O)(=O)Nc2ccc(N3CCC(N4CCCCC4)CC3)c(C(=O)O)c2)cc1. The molecule has 0 bridgehead atoms. The molecule has 2 aliphatic rings. The van der Waals surface area contributed by atoms with Gasteiger partial charge < -0.3 is 19.6 Å². The second-order valence-corrected chi connectivity index (χ2v) is 10.5. The number of anilines is 2. The highest BCUT2D eigenvalue weighted by atomic mass is 32.2. The van der Waals surface area contributed by atoms with Crippen LogP contribution in [-0.2, 0) is 10.0 Å². The van der Waals surface area contributed by atoms with E-state index in [0.29, 0.717) is 24.1 Å². The highest BCUT2D eigenvalue weighted by Crippen LogP contribution is 2.30. The lowest BCUT2D eigenvalue weighted by Crippen LogP contribution is -2.47. The Morgan fingerprint density at radius 3 is 2.32 bits per heavy atom. The molecule has 2 aromatic rings. The zero-order valence-electron chi connectivity index (χ0n) is 19.6. The molecule has 4 rings (SSSR count). The van der Waals surface area contributed by atoms with Gasteiger partial charge >= 0.3 is 5.97 Å². The number of likely N-dealkylation sites (tertiary alicyclic amines) is 1. The lowest BCUT2D eigenvalue weighted by atomic mass is 9.98. The molecule has 0 spiro atoms. The largest absolute Gasteiger partial charge is 0.494 e. The van der Waals surface area contributed by atoms with Gasteiger partial charge in [-0.3, -0.25) is 4.72 Å². The molecule has 0 atom stereocenters. The van der Waals surface area contributed by atoms with Crippen LogP contribution in [0.3, 0.4) is 0 Å². The van der Waals surface area contributed by atoms with E-state index in [-0.39, 0.29) is 16.1 Å². The summed E-state index contributed by atoms with van der Waals surface area (Å²) in [5.41, 5.74) is 0.954. The Balaban J connectivity index is 1.46. The van der Waals surface area contributed by atoms with E-state index in [4.69, 9.17) is 4.74 Å². The fraction of sp³-hybridized carbons (Fsp3) is 0.480. The predicted molar refractivity (Wildman–Crippen MR) is 132 cm³/mol. The number of carboxylic acid groups (broad SMARTS) is 1. The Hall–Kier alpha value is -2.78. The summed E-state index contributed by atoms with van der Waals surface area (Å²) in [7, 11) is -3.86. The molecule has 2 aromatic carbocycles. The van der Waals surface area contributed by atoms with Crippen molar-refractivity contribution in [1.82, 2.24) is 4.90 Å². The molecule has 2 N–H and O–H groups in total. The van der Waals surface area contributed by atoms with Gasteiger partial charge in [0.25, 0.3) is 10.0 Å². The molecule has 0 aromatic heterocycles. The van der Waals surface area contributed by atoms with Gasteiger partial charge in [0.15, 0.2) is 0 Å². The molecule has 2 aliphatic heterocycles. The maximum absolute atomic E-state index is 12.8. The summed E-state index contributed by atoms with van der Waals surface area (Å²) in [5.74, 6) is -0.488. The van der Waals surface area contributed by atoms with Crippen LogP contribution in [0.25, 0.3) is 0 Å². The molecule has 0 aliphatic carbocycles. The number of aromatic carboxylic acids is 1. The second-order valence-electron chi connectivity index (χ2n) is 8.86. The Bertz CT molecular complexity index is 1090. The van der Waals surface area contributed by atoms with Crippen molar-refractivity contribution < 1.29 is 23.1 Å². The molecule has 184 valence electrons. The number of nitrogens with one attached hydrogen (secondary N) is 1. The zero-order chi connectivity index (χ0) is 24.1. The van der Waals surface area contributed by atoms with Crippen LogP contribution < -0.4 is 14.4 Å². The number of ether oxygens (including phenoxy) is 1. The molecular formula is C25H33N3O5S. The summed E-state index contributed by atoms with van der Waals surface area (Å²) in [6.07, 6.45) is 5.84. The summed E-state index contributed by atoms with van der Waals surface area (Å²) in [6.45, 7) is 6.25. The van der Waals surface area contributed by atoms with Gasteiger partial charge in [0.05, 0.1) is 22.8 Å². The van der Waals surface area contributed by atoms with E-state index in [1.165, 1.54) is 37.5 Å². The average Bonchev–Trinajstić information content (AvgIpc) is 2.85. The maximum atomic E-state index is 12.8. The number of hydrogen-bond donors (Lipinski definition) is 2. The second kappa shape index (κ2) is 10.7. The van der Waals surface area contributed by atoms with Crippen LogP contribution in [0.1, 0.15) is 49.4 Å². The minimum atomic E-state index is -3.86. The first-order chi connectivity index (χ1) is 16.4. The van der Waals surface area contributed by atoms with Gasteiger partial charge in [-0.2, -0.15) is 0 Å². The minimum Gasteiger partial charge on any atom is -0.494 e. The molecule has 2 heterocycles. The van der Waals surface area contributed by atoms with Gasteiger partial charge in [0, 0.05) is 24.8 Å². The molecule has 0 radical (unpaired) electrons. The summed E-state index contributed by atoms with van der Waals surface area (Å²) in [4.78, 5) is 16.8. The first-order valence-corrected chi connectivity index (χ1v) is 13.5. The van der Waals surface area contributed by atoms with Crippen LogP contribution in [-0.4, -0.2) is 63.2 Å². The van der Waals surface area contributed by atoms with Crippen molar-refractivity contribution in [2.75, 3.05) is 42.4 Å². The van der Waals surface area contributed by atoms with E-state index in [1.54, 1.807) is 24.3 Å². The highest BCUT2D eigenvalue weighted by Gasteiger charge is 2.27. The predicted octanol–water partition coefficient (Wildman–Crippen LogP) is 4.04. The van der Waals surface area contributed by atoms with Gasteiger partial charge in [-0.1, -0.05) is 6.42 Å². The number of benzene rings is 2. The van der Waals surface area contributed by atoms with E-state index in [1.807, 2.05) is 6.92 Å². The molecule has 2 fully saturated rings. The normalized spacial score (nSPS) is 18.0. The number of nitrogens with zero attached hydrogens (tertiary/aromatic N) is 2. The Morgan fingerprint density at radius 2 is 1.71 bits per heavy atom. The molecular weight excluding hydrogens is 454 g/mol. The van der Waals surface area contributed by atoms with Gasteiger partial charge in [-0.25, -0.2) is 13.2 Å². The van der Waals surface area contributed by atoms with Crippen molar-refractivity contribution in [3.63, 3.8) is 0 Å². The Kier molecular flexibility index (Phi) is 7.63. The molecule has 9 heteroatoms. The zero-order valence-corrected chi connectivity index (χ0v) is 20.4. The lowest BCUT2D eigenvalue weighted by molar-refractivity contribution is 0.0697. The minimum absolute atomic E-state index is 0.0803. The number of carboxylic acids is 1. The lowest BCUT2D eigenvalue weighted by Gasteiger charge is -2.41. The molecule has 2 saturated heterocycles. The standard InChI is InChI=1S/C25H33N3O5S/c1-2-33-21-7-9-22(10-8-21)34(31,32)26-19-6-11-24(23(18-19)25(29)30)28-16-12-20(13-17-28)27-14-4-3-5-15-27/h6-11,18,20,26H,2-5,12-17H2,1H3,(H,29,30). The molecule has 0 unspecified atom stereocenters. The van der Waals surface area contributed by atoms with E-state index in [9.17, 15) is 18.3 Å². The Labute approximate surface area is 201 Å². The fourth-order valence-electron chi connectivity index (χ4n) is 4.90. The number of hydrogen-bond acceptors (Lipinski definition) is 6. The van der Waals surface area contributed by atoms with Crippen LogP contribution in [0.2, 0.25) is 0 Å². The fourth-order valence-corrected chi connectivity index (χ4v) is 5.95. The smallest absolute Gasteiger partial charge is 0.337 e. The van der Waals surface area contributed by atoms with Crippen molar-refractivity contribution in [1.29, 1.82) is 0 Å². The van der Waals surface area contributed by atoms with Crippen molar-refractivity contribution in [2.24, 2.45) is 0 Å². The van der Waals surface area contributed by atoms with Crippen LogP contribution in [0.4, 0.5) is 11.4 Å². The van der Waals surface area contributed by atoms with E-state index in [0.717, 1.165) is 39.0 Å². The van der Waals surface area contributed by atoms with Crippen LogP contribution in [0, 0.1) is 0 Å². The summed E-state index contributed by atoms with van der Waals surface area (Å²) < 4.78 is 33.5. The number of rotatable bonds is 8. The highest BCUT2D eigenvalue weighted by molar-refractivity contribution is 7.92. The quantitative estimate of drug-likeness (QED) is 0.580. The van der Waals surface area contributed by atoms with Gasteiger partial charge in [-0.15, -0.1) is 0 Å². The molecule has 8 nitrogen and oxygen atoms in total. The number of carbonyl (C=O) groups is 1. The average molecular weight is 488 g/mol. The topological polar surface area (TPSA) is 99.2 Å². The first kappa shape index (κ1) is 24.3. The van der Waals surface area contributed by atoms with Gasteiger partial charge in [-0.05, 0) is 88.2 Å². The third-order valence-electron chi connectivity index (χ3n) is 6.64. The molecule has 0 saturated carbocycles. The van der Waals surface area contributed by atoms with Gasteiger partial charge in [0.2, 0.25) is 0 Å². The van der Waals surface area contributed by atoms with E-state index in [2.05, 4.69) is 14.5 Å². The Morgan fingerprint density at radius 1 is 1.03 bits per heavy atom. The number of piperidine rings is 2. The first-order valence-electron chi connectivity index (χ1n) is 12.0. The third kappa shape index (κ3) is 5.64. The van der Waals surface area contributed by atoms with Gasteiger partial charge in [0.1, 0.15) is 5.75 Å². The third-order valence-corrected chi connectivity index (χ3v) is 8.03. The molecule has 0 amide bonds. The van der Waals surface area contributed by atoms with Crippen molar-refractivity contribution in [3.05, 3.63) is 48.0 Å². The van der Waals surface area contributed by atoms with Crippen LogP contribution in [0.15, 0.2) is 47.4 Å².